The Morgan fingerprint density at radius 2 is 1.93 bits per heavy atom. The maximum absolute atomic E-state index is 13.1. The lowest BCUT2D eigenvalue weighted by atomic mass is 9.89. The van der Waals surface area contributed by atoms with E-state index in [9.17, 15) is 9.90 Å². The maximum atomic E-state index is 13.1. The molecule has 1 amide bonds. The number of aliphatic hydroxyl groups is 1. The van der Waals surface area contributed by atoms with Gasteiger partial charge in [0.15, 0.2) is 0 Å². The fourth-order valence-electron chi connectivity index (χ4n) is 3.87. The average Bonchev–Trinajstić information content (AvgIpc) is 3.15. The number of likely N-dealkylation sites (tertiary alicyclic amines) is 1. The fraction of sp³-hybridized carbons (Fsp3) is 0.304. The number of pyridine rings is 1. The van der Waals surface area contributed by atoms with Gasteiger partial charge < -0.3 is 14.4 Å². The first-order valence-corrected chi connectivity index (χ1v) is 10.2. The highest BCUT2D eigenvalue weighted by Gasteiger charge is 2.30. The number of piperidine rings is 1. The molecule has 0 radical (unpaired) electrons. The van der Waals surface area contributed by atoms with Crippen molar-refractivity contribution in [3.8, 4) is 11.3 Å². The topological polar surface area (TPSA) is 66.6 Å². The van der Waals surface area contributed by atoms with E-state index in [1.54, 1.807) is 25.3 Å². The molecule has 1 aliphatic rings. The molecule has 0 spiro atoms. The van der Waals surface area contributed by atoms with Crippen LogP contribution < -0.4 is 0 Å². The smallest absolute Gasteiger partial charge is 0.257 e. The van der Waals surface area contributed by atoms with Gasteiger partial charge in [-0.3, -0.25) is 9.78 Å². The van der Waals surface area contributed by atoms with Crippen LogP contribution in [0.2, 0.25) is 5.02 Å². The Morgan fingerprint density at radius 1 is 1.21 bits per heavy atom. The van der Waals surface area contributed by atoms with Crippen LogP contribution >= 0.6 is 11.6 Å². The molecule has 1 N–H and O–H groups in total. The third-order valence-electron chi connectivity index (χ3n) is 5.55. The molecule has 4 rings (SSSR count). The van der Waals surface area contributed by atoms with E-state index < -0.39 is 6.10 Å². The molecule has 1 fully saturated rings. The van der Waals surface area contributed by atoms with E-state index >= 15 is 0 Å². The molecule has 3 heterocycles. The first-order chi connectivity index (χ1) is 14.0. The van der Waals surface area contributed by atoms with Gasteiger partial charge in [-0.15, -0.1) is 0 Å². The first kappa shape index (κ1) is 19.7. The Morgan fingerprint density at radius 3 is 2.62 bits per heavy atom. The summed E-state index contributed by atoms with van der Waals surface area (Å²) in [4.78, 5) is 19.1. The summed E-state index contributed by atoms with van der Waals surface area (Å²) in [5.41, 5.74) is 2.02. The van der Waals surface area contributed by atoms with Crippen LogP contribution in [-0.2, 0) is 0 Å². The first-order valence-electron chi connectivity index (χ1n) is 9.78. The van der Waals surface area contributed by atoms with Crippen molar-refractivity contribution < 1.29 is 14.3 Å². The molecule has 1 saturated heterocycles. The minimum atomic E-state index is -0.601. The predicted molar refractivity (Wildman–Crippen MR) is 112 cm³/mol. The monoisotopic (exact) mass is 410 g/mol. The predicted octanol–water partition coefficient (Wildman–Crippen LogP) is 4.89. The lowest BCUT2D eigenvalue weighted by molar-refractivity contribution is 0.0446. The molecular formula is C23H23ClN2O3. The Kier molecular flexibility index (Phi) is 5.69. The van der Waals surface area contributed by atoms with E-state index in [4.69, 9.17) is 16.0 Å². The number of furan rings is 1. The zero-order chi connectivity index (χ0) is 20.4. The van der Waals surface area contributed by atoms with Crippen LogP contribution in [0.3, 0.4) is 0 Å². The summed E-state index contributed by atoms with van der Waals surface area (Å²) < 4.78 is 5.83. The third kappa shape index (κ3) is 4.07. The number of aryl methyl sites for hydroxylation is 1. The highest BCUT2D eigenvalue weighted by Crippen LogP contribution is 2.33. The number of benzene rings is 1. The van der Waals surface area contributed by atoms with Gasteiger partial charge in [0.2, 0.25) is 0 Å². The lowest BCUT2D eigenvalue weighted by Crippen LogP contribution is -2.40. The quantitative estimate of drug-likeness (QED) is 0.665. The van der Waals surface area contributed by atoms with Gasteiger partial charge in [0.05, 0.1) is 22.4 Å². The molecule has 6 heteroatoms. The Hall–Kier alpha value is -2.63. The van der Waals surface area contributed by atoms with Gasteiger partial charge in [0.25, 0.3) is 5.91 Å². The molecule has 1 aliphatic heterocycles. The van der Waals surface area contributed by atoms with Crippen molar-refractivity contribution >= 4 is 17.5 Å². The van der Waals surface area contributed by atoms with Gasteiger partial charge in [0.1, 0.15) is 11.5 Å². The summed E-state index contributed by atoms with van der Waals surface area (Å²) in [7, 11) is 0. The number of carbonyl (C=O) groups is 1. The molecule has 5 nitrogen and oxygen atoms in total. The van der Waals surface area contributed by atoms with Crippen molar-refractivity contribution in [2.75, 3.05) is 13.1 Å². The highest BCUT2D eigenvalue weighted by atomic mass is 35.5. The number of aliphatic hydroxyl groups excluding tert-OH is 1. The summed E-state index contributed by atoms with van der Waals surface area (Å²) in [6.45, 7) is 2.99. The second-order valence-electron chi connectivity index (χ2n) is 7.39. The minimum absolute atomic E-state index is 0.0460. The van der Waals surface area contributed by atoms with Gasteiger partial charge >= 0.3 is 0 Å². The molecule has 1 unspecified atom stereocenters. The number of aromatic nitrogens is 1. The Labute approximate surface area is 174 Å². The summed E-state index contributed by atoms with van der Waals surface area (Å²) in [6, 6.07) is 14.7. The van der Waals surface area contributed by atoms with E-state index in [0.717, 1.165) is 18.4 Å². The molecule has 29 heavy (non-hydrogen) atoms. The molecule has 150 valence electrons. The number of hydrogen-bond acceptors (Lipinski definition) is 4. The summed E-state index contributed by atoms with van der Waals surface area (Å²) in [5, 5.41) is 11.2. The van der Waals surface area contributed by atoms with Gasteiger partial charge in [-0.2, -0.15) is 0 Å². The Bertz CT molecular complexity index is 994. The zero-order valence-electron chi connectivity index (χ0n) is 16.2. The van der Waals surface area contributed by atoms with Crippen LogP contribution in [0.4, 0.5) is 0 Å². The fourth-order valence-corrected chi connectivity index (χ4v) is 4.10. The van der Waals surface area contributed by atoms with Crippen molar-refractivity contribution in [2.24, 2.45) is 5.92 Å². The van der Waals surface area contributed by atoms with Crippen LogP contribution in [0.25, 0.3) is 11.3 Å². The second kappa shape index (κ2) is 8.39. The number of carbonyl (C=O) groups excluding carboxylic acids is 1. The van der Waals surface area contributed by atoms with Crippen molar-refractivity contribution in [3.05, 3.63) is 76.8 Å². The molecule has 3 aromatic rings. The van der Waals surface area contributed by atoms with Crippen molar-refractivity contribution in [1.82, 2.24) is 9.88 Å². The van der Waals surface area contributed by atoms with Crippen LogP contribution in [0.15, 0.2) is 59.1 Å². The van der Waals surface area contributed by atoms with Crippen molar-refractivity contribution in [1.29, 1.82) is 0 Å². The third-order valence-corrected chi connectivity index (χ3v) is 5.88. The van der Waals surface area contributed by atoms with E-state index in [1.807, 2.05) is 41.3 Å². The average molecular weight is 411 g/mol. The SMILES string of the molecule is Cc1oc(-c2ccccc2Cl)cc1C(=O)N1CCC(C(O)c2ccccn2)CC1. The van der Waals surface area contributed by atoms with Gasteiger partial charge in [0, 0.05) is 24.8 Å². The molecule has 0 aliphatic carbocycles. The van der Waals surface area contributed by atoms with Gasteiger partial charge in [-0.25, -0.2) is 0 Å². The van der Waals surface area contributed by atoms with Crippen LogP contribution in [0, 0.1) is 12.8 Å². The number of hydrogen-bond donors (Lipinski definition) is 1. The van der Waals surface area contributed by atoms with Crippen LogP contribution in [0.5, 0.6) is 0 Å². The zero-order valence-corrected chi connectivity index (χ0v) is 17.0. The normalized spacial score (nSPS) is 16.0. The van der Waals surface area contributed by atoms with Gasteiger partial charge in [-0.1, -0.05) is 29.8 Å². The van der Waals surface area contributed by atoms with Crippen LogP contribution in [-0.4, -0.2) is 34.0 Å². The summed E-state index contributed by atoms with van der Waals surface area (Å²) >= 11 is 6.26. The summed E-state index contributed by atoms with van der Waals surface area (Å²) in [6.07, 6.45) is 2.56. The van der Waals surface area contributed by atoms with E-state index in [-0.39, 0.29) is 11.8 Å². The lowest BCUT2D eigenvalue weighted by Gasteiger charge is -2.34. The number of nitrogens with zero attached hydrogens (tertiary/aromatic N) is 2. The van der Waals surface area contributed by atoms with E-state index in [2.05, 4.69) is 4.98 Å². The van der Waals surface area contributed by atoms with Crippen molar-refractivity contribution in [3.63, 3.8) is 0 Å². The standard InChI is InChI=1S/C23H23ClN2O3/c1-15-18(14-21(29-15)17-6-2-3-7-19(17)24)23(28)26-12-9-16(10-13-26)22(27)20-8-4-5-11-25-20/h2-8,11,14,16,22,27H,9-10,12-13H2,1H3. The molecular weight excluding hydrogens is 388 g/mol. The molecule has 0 bridgehead atoms. The Balaban J connectivity index is 1.44. The second-order valence-corrected chi connectivity index (χ2v) is 7.80. The van der Waals surface area contributed by atoms with E-state index in [1.165, 1.54) is 0 Å². The molecule has 1 aromatic carbocycles. The van der Waals surface area contributed by atoms with Crippen molar-refractivity contribution in [2.45, 2.75) is 25.9 Å². The molecule has 1 atom stereocenters. The number of rotatable bonds is 4. The number of halogens is 1. The molecule has 0 saturated carbocycles. The minimum Gasteiger partial charge on any atom is -0.460 e. The largest absolute Gasteiger partial charge is 0.460 e. The number of amides is 1. The van der Waals surface area contributed by atoms with E-state index in [0.29, 0.717) is 40.9 Å². The van der Waals surface area contributed by atoms with Crippen LogP contribution in [0.1, 0.15) is 40.8 Å². The molecule has 2 aromatic heterocycles. The van der Waals surface area contributed by atoms with Gasteiger partial charge in [-0.05, 0) is 56.0 Å². The highest BCUT2D eigenvalue weighted by molar-refractivity contribution is 6.33. The maximum Gasteiger partial charge on any atom is 0.257 e. The summed E-state index contributed by atoms with van der Waals surface area (Å²) in [5.74, 6) is 1.23.